The second-order valence-corrected chi connectivity index (χ2v) is 8.21. The van der Waals surface area contributed by atoms with Crippen molar-refractivity contribution in [3.63, 3.8) is 0 Å². The topological polar surface area (TPSA) is 93.4 Å². The summed E-state index contributed by atoms with van der Waals surface area (Å²) in [5.74, 6) is -0.343. The van der Waals surface area contributed by atoms with E-state index in [1.165, 1.54) is 0 Å². The Balaban J connectivity index is 2.56. The van der Waals surface area contributed by atoms with Crippen LogP contribution in [0.5, 0.6) is 0 Å². The molecule has 1 heterocycles. The Kier molecular flexibility index (Phi) is 5.46. The van der Waals surface area contributed by atoms with Crippen molar-refractivity contribution in [3.05, 3.63) is 12.7 Å². The van der Waals surface area contributed by atoms with Crippen molar-refractivity contribution in [2.75, 3.05) is 0 Å². The minimum atomic E-state index is -1.24. The highest BCUT2D eigenvalue weighted by Gasteiger charge is 2.58. The van der Waals surface area contributed by atoms with Crippen LogP contribution < -0.4 is 5.32 Å². The summed E-state index contributed by atoms with van der Waals surface area (Å²) in [7, 11) is 0. The Hall–Kier alpha value is -2.03. The van der Waals surface area contributed by atoms with E-state index in [4.69, 9.17) is 0 Å². The molecule has 2 fully saturated rings. The lowest BCUT2D eigenvalue weighted by molar-refractivity contribution is -0.148. The molecule has 0 aromatic carbocycles. The Morgan fingerprint density at radius 3 is 2.28 bits per heavy atom. The number of nitriles is 1. The molecule has 2 amide bonds. The van der Waals surface area contributed by atoms with E-state index < -0.39 is 23.1 Å². The van der Waals surface area contributed by atoms with Gasteiger partial charge in [0.2, 0.25) is 0 Å². The van der Waals surface area contributed by atoms with E-state index in [1.807, 2.05) is 20.8 Å². The van der Waals surface area contributed by atoms with Crippen LogP contribution in [-0.4, -0.2) is 39.6 Å². The first-order valence-electron chi connectivity index (χ1n) is 9.05. The van der Waals surface area contributed by atoms with Crippen molar-refractivity contribution in [1.82, 2.24) is 10.2 Å². The molecule has 138 valence electrons. The van der Waals surface area contributed by atoms with Gasteiger partial charge in [-0.15, -0.1) is 6.58 Å². The van der Waals surface area contributed by atoms with E-state index in [0.29, 0.717) is 12.8 Å². The Labute approximate surface area is 149 Å². The molecule has 2 aliphatic rings. The molecule has 6 nitrogen and oxygen atoms in total. The lowest BCUT2D eigenvalue weighted by Gasteiger charge is -2.50. The predicted octanol–water partition coefficient (Wildman–Crippen LogP) is 3.30. The first-order valence-corrected chi connectivity index (χ1v) is 9.05. The molecule has 1 aliphatic heterocycles. The maximum Gasteiger partial charge on any atom is 0.405 e. The van der Waals surface area contributed by atoms with Gasteiger partial charge in [-0.25, -0.2) is 4.79 Å². The summed E-state index contributed by atoms with van der Waals surface area (Å²) in [6, 6.07) is 1.45. The van der Waals surface area contributed by atoms with E-state index in [1.54, 1.807) is 11.0 Å². The maximum absolute atomic E-state index is 13.8. The van der Waals surface area contributed by atoms with Crippen LogP contribution in [0.1, 0.15) is 59.3 Å². The number of nitrogens with one attached hydrogen (secondary N) is 1. The summed E-state index contributed by atoms with van der Waals surface area (Å²) in [4.78, 5) is 27.0. The third kappa shape index (κ3) is 3.24. The van der Waals surface area contributed by atoms with Crippen molar-refractivity contribution < 1.29 is 14.7 Å². The van der Waals surface area contributed by atoms with Crippen LogP contribution in [0.25, 0.3) is 0 Å². The summed E-state index contributed by atoms with van der Waals surface area (Å²) in [5.41, 5.74) is -1.86. The number of carbonyl (C=O) groups excluding carboxylic acids is 1. The fourth-order valence-electron chi connectivity index (χ4n) is 4.67. The largest absolute Gasteiger partial charge is 0.465 e. The molecule has 0 unspecified atom stereocenters. The normalized spacial score (nSPS) is 26.7. The van der Waals surface area contributed by atoms with Gasteiger partial charge in [0.25, 0.3) is 5.91 Å². The van der Waals surface area contributed by atoms with Crippen molar-refractivity contribution in [2.24, 2.45) is 11.3 Å². The number of carbonyl (C=O) groups is 2. The zero-order valence-corrected chi connectivity index (χ0v) is 15.4. The molecule has 0 aromatic rings. The van der Waals surface area contributed by atoms with Crippen molar-refractivity contribution in [2.45, 2.75) is 76.9 Å². The monoisotopic (exact) mass is 347 g/mol. The van der Waals surface area contributed by atoms with E-state index >= 15 is 0 Å². The Morgan fingerprint density at radius 2 is 1.84 bits per heavy atom. The average Bonchev–Trinajstić information content (AvgIpc) is 3.19. The minimum absolute atomic E-state index is 0.0680. The highest BCUT2D eigenvalue weighted by atomic mass is 16.4. The first-order chi connectivity index (χ1) is 11.7. The third-order valence-corrected chi connectivity index (χ3v) is 5.88. The lowest BCUT2D eigenvalue weighted by Crippen LogP contribution is -2.70. The van der Waals surface area contributed by atoms with Crippen LogP contribution in [0.2, 0.25) is 0 Å². The van der Waals surface area contributed by atoms with Gasteiger partial charge in [0.15, 0.2) is 0 Å². The van der Waals surface area contributed by atoms with Crippen molar-refractivity contribution in [1.29, 1.82) is 5.26 Å². The molecule has 1 saturated heterocycles. The highest BCUT2D eigenvalue weighted by Crippen LogP contribution is 2.46. The molecule has 25 heavy (non-hydrogen) atoms. The lowest BCUT2D eigenvalue weighted by atomic mass is 9.64. The molecule has 2 N–H and O–H groups in total. The summed E-state index contributed by atoms with van der Waals surface area (Å²) < 4.78 is 0. The maximum atomic E-state index is 13.8. The Morgan fingerprint density at radius 1 is 1.24 bits per heavy atom. The third-order valence-electron chi connectivity index (χ3n) is 5.88. The molecular formula is C19H29N3O3. The van der Waals surface area contributed by atoms with Crippen LogP contribution in [0, 0.1) is 22.7 Å². The molecule has 2 rings (SSSR count). The molecule has 3 atom stereocenters. The molecule has 0 radical (unpaired) electrons. The SMILES string of the molecule is C=C[C@H]1CC[C@@H](C#N)N1C(=O)[C@](NC(=O)O)(C1CCCC1)C(C)(C)C. The summed E-state index contributed by atoms with van der Waals surface area (Å²) in [6.45, 7) is 9.51. The number of nitrogens with zero attached hydrogens (tertiary/aromatic N) is 2. The molecule has 1 saturated carbocycles. The van der Waals surface area contributed by atoms with Crippen LogP contribution in [-0.2, 0) is 4.79 Å². The van der Waals surface area contributed by atoms with Gasteiger partial charge in [0.05, 0.1) is 12.1 Å². The van der Waals surface area contributed by atoms with E-state index in [0.717, 1.165) is 25.7 Å². The smallest absolute Gasteiger partial charge is 0.405 e. The molecule has 0 aromatic heterocycles. The molecular weight excluding hydrogens is 318 g/mol. The van der Waals surface area contributed by atoms with Crippen LogP contribution in [0.3, 0.4) is 0 Å². The molecule has 0 bridgehead atoms. The van der Waals surface area contributed by atoms with E-state index in [-0.39, 0.29) is 17.9 Å². The summed E-state index contributed by atoms with van der Waals surface area (Å²) in [5, 5.41) is 21.7. The number of hydrogen-bond acceptors (Lipinski definition) is 3. The van der Waals surface area contributed by atoms with Gasteiger partial charge in [-0.05, 0) is 37.0 Å². The number of amides is 2. The van der Waals surface area contributed by atoms with Gasteiger partial charge in [0, 0.05) is 0 Å². The van der Waals surface area contributed by atoms with E-state index in [9.17, 15) is 20.0 Å². The van der Waals surface area contributed by atoms with Crippen LogP contribution >= 0.6 is 0 Å². The van der Waals surface area contributed by atoms with Crippen molar-refractivity contribution >= 4 is 12.0 Å². The van der Waals surface area contributed by atoms with Gasteiger partial charge in [0.1, 0.15) is 11.6 Å². The number of rotatable bonds is 4. The standard InChI is InChI=1S/C19H29N3O3/c1-5-14-10-11-15(12-20)22(14)16(23)19(18(2,3)4,21-17(24)25)13-8-6-7-9-13/h5,13-15,21H,1,6-11H2,2-4H3,(H,24,25)/t14-,15-,19+/m0/s1. The second kappa shape index (κ2) is 7.07. The van der Waals surface area contributed by atoms with Crippen molar-refractivity contribution in [3.8, 4) is 6.07 Å². The molecule has 1 aliphatic carbocycles. The van der Waals surface area contributed by atoms with Gasteiger partial charge >= 0.3 is 6.09 Å². The zero-order chi connectivity index (χ0) is 18.8. The van der Waals surface area contributed by atoms with Crippen LogP contribution in [0.15, 0.2) is 12.7 Å². The predicted molar refractivity (Wildman–Crippen MR) is 94.8 cm³/mol. The number of carboxylic acid groups (broad SMARTS) is 1. The Bertz CT molecular complexity index is 584. The van der Waals surface area contributed by atoms with Gasteiger partial charge in [-0.1, -0.05) is 39.7 Å². The quantitative estimate of drug-likeness (QED) is 0.763. The van der Waals surface area contributed by atoms with E-state index in [2.05, 4.69) is 18.0 Å². The second-order valence-electron chi connectivity index (χ2n) is 8.21. The first kappa shape index (κ1) is 19.3. The van der Waals surface area contributed by atoms with Crippen LogP contribution in [0.4, 0.5) is 4.79 Å². The molecule has 6 heteroatoms. The zero-order valence-electron chi connectivity index (χ0n) is 15.4. The average molecular weight is 347 g/mol. The number of likely N-dealkylation sites (tertiary alicyclic amines) is 1. The molecule has 0 spiro atoms. The van der Waals surface area contributed by atoms with Gasteiger partial charge in [-0.3, -0.25) is 4.79 Å². The summed E-state index contributed by atoms with van der Waals surface area (Å²) >= 11 is 0. The summed E-state index contributed by atoms with van der Waals surface area (Å²) in [6.07, 6.45) is 5.38. The number of hydrogen-bond donors (Lipinski definition) is 2. The van der Waals surface area contributed by atoms with Gasteiger partial charge < -0.3 is 15.3 Å². The van der Waals surface area contributed by atoms with Gasteiger partial charge in [-0.2, -0.15) is 5.26 Å². The minimum Gasteiger partial charge on any atom is -0.465 e. The fourth-order valence-corrected chi connectivity index (χ4v) is 4.67. The highest BCUT2D eigenvalue weighted by molar-refractivity contribution is 5.92. The fraction of sp³-hybridized carbons (Fsp3) is 0.737.